The second-order valence-corrected chi connectivity index (χ2v) is 3.35. The van der Waals surface area contributed by atoms with Crippen molar-refractivity contribution in [2.24, 2.45) is 0 Å². The lowest BCUT2D eigenvalue weighted by Crippen LogP contribution is -2.29. The molecule has 0 aliphatic carbocycles. The Balaban J connectivity index is 2.71. The summed E-state index contributed by atoms with van der Waals surface area (Å²) in [5.74, 6) is 1.45. The maximum Gasteiger partial charge on any atom is 0.229 e. The van der Waals surface area contributed by atoms with Gasteiger partial charge in [0.2, 0.25) is 17.7 Å². The van der Waals surface area contributed by atoms with Crippen LogP contribution in [0.4, 0.5) is 5.95 Å². The van der Waals surface area contributed by atoms with Crippen molar-refractivity contribution in [3.63, 3.8) is 0 Å². The van der Waals surface area contributed by atoms with Crippen LogP contribution in [-0.4, -0.2) is 43.8 Å². The first-order chi connectivity index (χ1) is 7.69. The monoisotopic (exact) mass is 226 g/mol. The average molecular weight is 226 g/mol. The van der Waals surface area contributed by atoms with Crippen LogP contribution >= 0.6 is 0 Å². The van der Waals surface area contributed by atoms with E-state index >= 15 is 0 Å². The van der Waals surface area contributed by atoms with Crippen LogP contribution in [-0.2, 0) is 0 Å². The highest BCUT2D eigenvalue weighted by Crippen LogP contribution is 2.16. The van der Waals surface area contributed by atoms with E-state index in [0.717, 1.165) is 6.54 Å². The second kappa shape index (κ2) is 6.12. The summed E-state index contributed by atoms with van der Waals surface area (Å²) in [5.41, 5.74) is 0. The zero-order valence-corrected chi connectivity index (χ0v) is 10.1. The van der Waals surface area contributed by atoms with Gasteiger partial charge in [-0.1, -0.05) is 0 Å². The fourth-order valence-electron chi connectivity index (χ4n) is 1.04. The maximum absolute atomic E-state index is 5.04. The van der Waals surface area contributed by atoms with Crippen LogP contribution in [0.3, 0.4) is 0 Å². The highest BCUT2D eigenvalue weighted by Gasteiger charge is 2.05. The molecule has 0 bridgehead atoms. The molecular weight excluding hydrogens is 208 g/mol. The number of rotatable bonds is 6. The van der Waals surface area contributed by atoms with E-state index < -0.39 is 0 Å². The molecule has 1 heterocycles. The molecule has 1 unspecified atom stereocenters. The predicted octanol–water partition coefficient (Wildman–Crippen LogP) is 0.514. The zero-order valence-electron chi connectivity index (χ0n) is 10.1. The van der Waals surface area contributed by atoms with Gasteiger partial charge in [0.05, 0.1) is 20.3 Å². The molecule has 6 nitrogen and oxygen atoms in total. The van der Waals surface area contributed by atoms with Crippen LogP contribution in [0, 0.1) is 0 Å². The number of likely N-dealkylation sites (N-methyl/N-ethyl adjacent to an activating group) is 1. The Bertz CT molecular complexity index is 310. The molecule has 1 atom stereocenters. The number of methoxy groups -OCH3 is 2. The van der Waals surface area contributed by atoms with Gasteiger partial charge in [-0.25, -0.2) is 0 Å². The van der Waals surface area contributed by atoms with E-state index in [2.05, 4.69) is 27.5 Å². The summed E-state index contributed by atoms with van der Waals surface area (Å²) in [6.45, 7) is 2.79. The summed E-state index contributed by atoms with van der Waals surface area (Å²) in [4.78, 5) is 8.31. The van der Waals surface area contributed by atoms with Crippen LogP contribution in [0.2, 0.25) is 0 Å². The van der Waals surface area contributed by atoms with Crippen LogP contribution in [0.25, 0.3) is 0 Å². The molecule has 0 aliphatic rings. The third kappa shape index (κ3) is 3.54. The second-order valence-electron chi connectivity index (χ2n) is 3.35. The van der Waals surface area contributed by atoms with Crippen molar-refractivity contribution >= 4 is 5.95 Å². The third-order valence-electron chi connectivity index (χ3n) is 2.16. The first-order valence-corrected chi connectivity index (χ1v) is 5.07. The van der Waals surface area contributed by atoms with Gasteiger partial charge >= 0.3 is 0 Å². The van der Waals surface area contributed by atoms with E-state index in [1.54, 1.807) is 20.3 Å². The lowest BCUT2D eigenvalue weighted by atomic mass is 10.3. The molecule has 1 rings (SSSR count). The van der Waals surface area contributed by atoms with Gasteiger partial charge in [-0.15, -0.1) is 0 Å². The van der Waals surface area contributed by atoms with Crippen molar-refractivity contribution in [2.75, 3.05) is 33.1 Å². The van der Waals surface area contributed by atoms with E-state index in [-0.39, 0.29) is 0 Å². The minimum atomic E-state index is 0.334. The van der Waals surface area contributed by atoms with Gasteiger partial charge in [-0.05, 0) is 14.0 Å². The van der Waals surface area contributed by atoms with E-state index in [0.29, 0.717) is 23.8 Å². The molecule has 0 amide bonds. The maximum atomic E-state index is 5.04. The lowest BCUT2D eigenvalue weighted by molar-refractivity contribution is 0.372. The number of nitrogens with zero attached hydrogens (tertiary/aromatic N) is 2. The molecule has 0 spiro atoms. The molecule has 0 aromatic carbocycles. The topological polar surface area (TPSA) is 68.3 Å². The first-order valence-electron chi connectivity index (χ1n) is 5.07. The number of hydrogen-bond acceptors (Lipinski definition) is 6. The molecule has 0 radical (unpaired) electrons. The highest BCUT2D eigenvalue weighted by molar-refractivity contribution is 5.33. The van der Waals surface area contributed by atoms with Gasteiger partial charge in [-0.3, -0.25) is 0 Å². The summed E-state index contributed by atoms with van der Waals surface area (Å²) in [5, 5.41) is 6.21. The summed E-state index contributed by atoms with van der Waals surface area (Å²) in [6, 6.07) is 1.97. The van der Waals surface area contributed by atoms with Crippen molar-refractivity contribution in [1.82, 2.24) is 15.3 Å². The summed E-state index contributed by atoms with van der Waals surface area (Å²) >= 11 is 0. The Morgan fingerprint density at radius 1 is 1.25 bits per heavy atom. The average Bonchev–Trinajstić information content (AvgIpc) is 2.35. The Kier molecular flexibility index (Phi) is 4.78. The third-order valence-corrected chi connectivity index (χ3v) is 2.16. The number of nitrogens with one attached hydrogen (secondary N) is 2. The number of aromatic nitrogens is 2. The zero-order chi connectivity index (χ0) is 12.0. The summed E-state index contributed by atoms with van der Waals surface area (Å²) < 4.78 is 10.1. The van der Waals surface area contributed by atoms with Gasteiger partial charge in [-0.2, -0.15) is 9.97 Å². The number of hydrogen-bond donors (Lipinski definition) is 2. The van der Waals surface area contributed by atoms with Crippen molar-refractivity contribution < 1.29 is 9.47 Å². The van der Waals surface area contributed by atoms with Crippen LogP contribution in [0.1, 0.15) is 6.92 Å². The standard InChI is InChI=1S/C10H18N4O2/c1-7(11-2)6-12-10-13-8(15-3)5-9(14-10)16-4/h5,7,11H,6H2,1-4H3,(H,12,13,14). The lowest BCUT2D eigenvalue weighted by Gasteiger charge is -2.12. The molecule has 1 aromatic rings. The van der Waals surface area contributed by atoms with Crippen LogP contribution < -0.4 is 20.1 Å². The Morgan fingerprint density at radius 2 is 1.81 bits per heavy atom. The van der Waals surface area contributed by atoms with E-state index in [9.17, 15) is 0 Å². The molecular formula is C10H18N4O2. The summed E-state index contributed by atoms with van der Waals surface area (Å²) in [6.07, 6.45) is 0. The molecule has 90 valence electrons. The SMILES string of the molecule is CNC(C)CNc1nc(OC)cc(OC)n1. The van der Waals surface area contributed by atoms with Gasteiger partial charge in [0, 0.05) is 12.6 Å². The van der Waals surface area contributed by atoms with Gasteiger partial charge in [0.1, 0.15) is 0 Å². The Morgan fingerprint density at radius 3 is 2.25 bits per heavy atom. The molecule has 6 heteroatoms. The number of ether oxygens (including phenoxy) is 2. The van der Waals surface area contributed by atoms with E-state index in [4.69, 9.17) is 9.47 Å². The molecule has 1 aromatic heterocycles. The van der Waals surface area contributed by atoms with Crippen molar-refractivity contribution in [2.45, 2.75) is 13.0 Å². The Hall–Kier alpha value is -1.56. The first kappa shape index (κ1) is 12.5. The van der Waals surface area contributed by atoms with Crippen molar-refractivity contribution in [1.29, 1.82) is 0 Å². The minimum Gasteiger partial charge on any atom is -0.481 e. The van der Waals surface area contributed by atoms with Gasteiger partial charge in [0.25, 0.3) is 0 Å². The smallest absolute Gasteiger partial charge is 0.229 e. The fourth-order valence-corrected chi connectivity index (χ4v) is 1.04. The molecule has 0 saturated carbocycles. The predicted molar refractivity (Wildman–Crippen MR) is 62.1 cm³/mol. The summed E-state index contributed by atoms with van der Waals surface area (Å²) in [7, 11) is 5.02. The largest absolute Gasteiger partial charge is 0.481 e. The van der Waals surface area contributed by atoms with Crippen molar-refractivity contribution in [3.05, 3.63) is 6.07 Å². The molecule has 2 N–H and O–H groups in total. The minimum absolute atomic E-state index is 0.334. The Labute approximate surface area is 95.4 Å². The quantitative estimate of drug-likeness (QED) is 0.737. The van der Waals surface area contributed by atoms with Gasteiger partial charge in [0.15, 0.2) is 0 Å². The molecule has 0 saturated heterocycles. The highest BCUT2D eigenvalue weighted by atomic mass is 16.5. The van der Waals surface area contributed by atoms with E-state index in [1.807, 2.05) is 7.05 Å². The van der Waals surface area contributed by atoms with Gasteiger partial charge < -0.3 is 20.1 Å². The van der Waals surface area contributed by atoms with Crippen LogP contribution in [0.15, 0.2) is 6.07 Å². The molecule has 0 aliphatic heterocycles. The van der Waals surface area contributed by atoms with Crippen molar-refractivity contribution in [3.8, 4) is 11.8 Å². The fraction of sp³-hybridized carbons (Fsp3) is 0.600. The number of anilines is 1. The van der Waals surface area contributed by atoms with E-state index in [1.165, 1.54) is 0 Å². The molecule has 16 heavy (non-hydrogen) atoms. The molecule has 0 fully saturated rings. The van der Waals surface area contributed by atoms with Crippen LogP contribution in [0.5, 0.6) is 11.8 Å². The normalized spacial score (nSPS) is 12.0.